The topological polar surface area (TPSA) is 128 Å². The standard InChI is InChI=1S/C23H21N9O/c1-14-7-3-4-8-16(14)27-23(33)32-12-10-19(30-32)28-22-21(17-13-18(24)26-15(2)25-17)31-11-6-5-9-20(31)29-22/h3-13H,1-2H3,(H,27,33)(H,28,30)(H2,24,25,26). The molecular weight excluding hydrogens is 418 g/mol. The summed E-state index contributed by atoms with van der Waals surface area (Å²) in [5.41, 5.74) is 9.71. The molecule has 4 N–H and O–H groups in total. The molecule has 5 rings (SSSR count). The third kappa shape index (κ3) is 3.97. The van der Waals surface area contributed by atoms with Gasteiger partial charge in [-0.1, -0.05) is 24.3 Å². The van der Waals surface area contributed by atoms with Crippen LogP contribution in [0.4, 0.5) is 27.9 Å². The molecule has 0 aliphatic heterocycles. The third-order valence-electron chi connectivity index (χ3n) is 5.06. The van der Waals surface area contributed by atoms with Gasteiger partial charge >= 0.3 is 6.03 Å². The number of pyridine rings is 1. The number of nitrogens with zero attached hydrogens (tertiary/aromatic N) is 6. The number of imidazole rings is 1. The number of fused-ring (bicyclic) bond motifs is 1. The summed E-state index contributed by atoms with van der Waals surface area (Å²) in [6.07, 6.45) is 3.48. The maximum Gasteiger partial charge on any atom is 0.346 e. The van der Waals surface area contributed by atoms with Gasteiger partial charge in [0.05, 0.1) is 5.69 Å². The molecule has 0 saturated heterocycles. The van der Waals surface area contributed by atoms with E-state index in [9.17, 15) is 4.79 Å². The number of aromatic nitrogens is 6. The summed E-state index contributed by atoms with van der Waals surface area (Å²) in [5, 5.41) is 10.4. The summed E-state index contributed by atoms with van der Waals surface area (Å²) in [4.78, 5) is 26.0. The highest BCUT2D eigenvalue weighted by atomic mass is 16.2. The summed E-state index contributed by atoms with van der Waals surface area (Å²) in [6, 6.07) is 16.3. The van der Waals surface area contributed by atoms with Crippen LogP contribution in [0.5, 0.6) is 0 Å². The number of nitrogens with one attached hydrogen (secondary N) is 2. The van der Waals surface area contributed by atoms with E-state index < -0.39 is 0 Å². The molecule has 0 aliphatic carbocycles. The summed E-state index contributed by atoms with van der Waals surface area (Å²) >= 11 is 0. The van der Waals surface area contributed by atoms with Gasteiger partial charge in [0.1, 0.15) is 23.0 Å². The molecule has 1 amide bonds. The highest BCUT2D eigenvalue weighted by molar-refractivity contribution is 5.91. The number of carbonyl (C=O) groups excluding carboxylic acids is 1. The fraction of sp³-hybridized carbons (Fsp3) is 0.0870. The van der Waals surface area contributed by atoms with E-state index in [4.69, 9.17) is 5.73 Å². The fourth-order valence-electron chi connectivity index (χ4n) is 3.55. The molecule has 0 spiro atoms. The molecule has 0 aliphatic rings. The van der Waals surface area contributed by atoms with Gasteiger partial charge in [0.15, 0.2) is 11.6 Å². The van der Waals surface area contributed by atoms with E-state index in [1.165, 1.54) is 4.68 Å². The minimum absolute atomic E-state index is 0.367. The van der Waals surface area contributed by atoms with Gasteiger partial charge in [-0.3, -0.25) is 4.40 Å². The van der Waals surface area contributed by atoms with Crippen molar-refractivity contribution < 1.29 is 4.79 Å². The lowest BCUT2D eigenvalue weighted by molar-refractivity contribution is 0.251. The van der Waals surface area contributed by atoms with Crippen molar-refractivity contribution in [2.75, 3.05) is 16.4 Å². The number of amides is 1. The quantitative estimate of drug-likeness (QED) is 0.386. The first-order valence-electron chi connectivity index (χ1n) is 10.3. The average Bonchev–Trinajstić information content (AvgIpc) is 3.39. The molecule has 1 aromatic carbocycles. The minimum Gasteiger partial charge on any atom is -0.384 e. The molecule has 4 heterocycles. The number of rotatable bonds is 4. The molecule has 0 unspecified atom stereocenters. The van der Waals surface area contributed by atoms with Crippen LogP contribution in [-0.4, -0.2) is 35.2 Å². The Labute approximate surface area is 189 Å². The molecule has 10 heteroatoms. The predicted molar refractivity (Wildman–Crippen MR) is 126 cm³/mol. The molecule has 0 fully saturated rings. The zero-order valence-electron chi connectivity index (χ0n) is 18.0. The van der Waals surface area contributed by atoms with Gasteiger partial charge in [-0.25, -0.2) is 19.7 Å². The lowest BCUT2D eigenvalue weighted by Crippen LogP contribution is -2.20. The van der Waals surface area contributed by atoms with Crippen molar-refractivity contribution in [2.24, 2.45) is 0 Å². The SMILES string of the molecule is Cc1nc(N)cc(-c2c(Nc3ccn(C(=O)Nc4ccccc4C)n3)nc3ccccn23)n1. The van der Waals surface area contributed by atoms with Gasteiger partial charge in [0.2, 0.25) is 0 Å². The van der Waals surface area contributed by atoms with E-state index in [0.29, 0.717) is 34.7 Å². The lowest BCUT2D eigenvalue weighted by Gasteiger charge is -2.08. The van der Waals surface area contributed by atoms with Gasteiger partial charge < -0.3 is 16.4 Å². The van der Waals surface area contributed by atoms with Crippen LogP contribution in [0.15, 0.2) is 67.0 Å². The molecule has 0 saturated carbocycles. The van der Waals surface area contributed by atoms with Crippen LogP contribution < -0.4 is 16.4 Å². The van der Waals surface area contributed by atoms with Crippen molar-refractivity contribution in [1.82, 2.24) is 29.1 Å². The number of nitrogen functional groups attached to an aromatic ring is 1. The Balaban J connectivity index is 1.47. The van der Waals surface area contributed by atoms with Crippen molar-refractivity contribution in [3.05, 3.63) is 78.4 Å². The predicted octanol–water partition coefficient (Wildman–Crippen LogP) is 4.01. The molecule has 0 bridgehead atoms. The maximum absolute atomic E-state index is 12.6. The van der Waals surface area contributed by atoms with Crippen molar-refractivity contribution in [2.45, 2.75) is 13.8 Å². The van der Waals surface area contributed by atoms with E-state index in [-0.39, 0.29) is 6.03 Å². The van der Waals surface area contributed by atoms with E-state index in [2.05, 4.69) is 30.7 Å². The minimum atomic E-state index is -0.369. The number of aryl methyl sites for hydroxylation is 2. The molecule has 0 atom stereocenters. The van der Waals surface area contributed by atoms with Crippen molar-refractivity contribution in [3.8, 4) is 11.4 Å². The first-order valence-corrected chi connectivity index (χ1v) is 10.3. The average molecular weight is 439 g/mol. The van der Waals surface area contributed by atoms with Crippen LogP contribution in [0.3, 0.4) is 0 Å². The van der Waals surface area contributed by atoms with E-state index >= 15 is 0 Å². The van der Waals surface area contributed by atoms with Crippen LogP contribution in [0.25, 0.3) is 17.0 Å². The van der Waals surface area contributed by atoms with Crippen LogP contribution in [-0.2, 0) is 0 Å². The molecule has 164 valence electrons. The first-order chi connectivity index (χ1) is 16.0. The number of hydrogen-bond donors (Lipinski definition) is 3. The van der Waals surface area contributed by atoms with Gasteiger partial charge in [-0.05, 0) is 37.6 Å². The largest absolute Gasteiger partial charge is 0.384 e. The summed E-state index contributed by atoms with van der Waals surface area (Å²) in [7, 11) is 0. The molecule has 10 nitrogen and oxygen atoms in total. The van der Waals surface area contributed by atoms with Crippen LogP contribution in [0.2, 0.25) is 0 Å². The lowest BCUT2D eigenvalue weighted by atomic mass is 10.2. The Morgan fingerprint density at radius 1 is 0.970 bits per heavy atom. The van der Waals surface area contributed by atoms with E-state index in [0.717, 1.165) is 16.9 Å². The van der Waals surface area contributed by atoms with Gasteiger partial charge in [0.25, 0.3) is 0 Å². The highest BCUT2D eigenvalue weighted by Gasteiger charge is 2.18. The number of benzene rings is 1. The van der Waals surface area contributed by atoms with Gasteiger partial charge in [-0.15, -0.1) is 5.10 Å². The summed E-state index contributed by atoms with van der Waals surface area (Å²) in [5.74, 6) is 1.91. The Morgan fingerprint density at radius 2 is 1.79 bits per heavy atom. The van der Waals surface area contributed by atoms with Crippen LogP contribution in [0.1, 0.15) is 11.4 Å². The fourth-order valence-corrected chi connectivity index (χ4v) is 3.55. The second-order valence-corrected chi connectivity index (χ2v) is 7.48. The first kappa shape index (κ1) is 20.2. The van der Waals surface area contributed by atoms with E-state index in [1.807, 2.05) is 60.0 Å². The maximum atomic E-state index is 12.6. The summed E-state index contributed by atoms with van der Waals surface area (Å²) in [6.45, 7) is 3.71. The molecular formula is C23H21N9O. The van der Waals surface area contributed by atoms with Crippen molar-refractivity contribution >= 4 is 34.8 Å². The van der Waals surface area contributed by atoms with Crippen molar-refractivity contribution in [1.29, 1.82) is 0 Å². The number of nitrogens with two attached hydrogens (primary N) is 1. The van der Waals surface area contributed by atoms with Crippen LogP contribution in [0, 0.1) is 13.8 Å². The number of para-hydroxylation sites is 1. The Hall–Kier alpha value is -4.73. The molecule has 4 aromatic heterocycles. The van der Waals surface area contributed by atoms with Crippen LogP contribution >= 0.6 is 0 Å². The van der Waals surface area contributed by atoms with E-state index in [1.54, 1.807) is 25.3 Å². The highest BCUT2D eigenvalue weighted by Crippen LogP contribution is 2.30. The Bertz CT molecular complexity index is 1460. The summed E-state index contributed by atoms with van der Waals surface area (Å²) < 4.78 is 3.14. The Morgan fingerprint density at radius 3 is 2.61 bits per heavy atom. The monoisotopic (exact) mass is 439 g/mol. The van der Waals surface area contributed by atoms with Gasteiger partial charge in [-0.2, -0.15) is 4.68 Å². The number of anilines is 4. The Kier molecular flexibility index (Phi) is 4.94. The number of hydrogen-bond acceptors (Lipinski definition) is 7. The number of carbonyl (C=O) groups is 1. The normalized spacial score (nSPS) is 11.0. The zero-order chi connectivity index (χ0) is 22.9. The zero-order valence-corrected chi connectivity index (χ0v) is 18.0. The second kappa shape index (κ2) is 8.08. The van der Waals surface area contributed by atoms with Crippen molar-refractivity contribution in [3.63, 3.8) is 0 Å². The molecule has 33 heavy (non-hydrogen) atoms. The third-order valence-corrected chi connectivity index (χ3v) is 5.06. The van der Waals surface area contributed by atoms with Gasteiger partial charge in [0, 0.05) is 30.2 Å². The molecule has 5 aromatic rings. The molecule has 0 radical (unpaired) electrons. The second-order valence-electron chi connectivity index (χ2n) is 7.48. The smallest absolute Gasteiger partial charge is 0.346 e.